The fourth-order valence-electron chi connectivity index (χ4n) is 4.85. The van der Waals surface area contributed by atoms with Gasteiger partial charge >= 0.3 is 5.63 Å². The molecule has 2 aromatic carbocycles. The number of aromatic nitrogens is 2. The van der Waals surface area contributed by atoms with E-state index in [1.807, 2.05) is 50.2 Å². The number of rotatable bonds is 1. The summed E-state index contributed by atoms with van der Waals surface area (Å²) in [4.78, 5) is 12.2. The van der Waals surface area contributed by atoms with Crippen LogP contribution in [0.4, 0.5) is 0 Å². The highest BCUT2D eigenvalue weighted by Crippen LogP contribution is 2.51. The Labute approximate surface area is 183 Å². The normalized spacial score (nSPS) is 19.2. The molecule has 0 N–H and O–H groups in total. The van der Waals surface area contributed by atoms with Crippen molar-refractivity contribution < 1.29 is 13.9 Å². The molecule has 31 heavy (non-hydrogen) atoms. The molecule has 0 amide bonds. The molecule has 2 aliphatic rings. The summed E-state index contributed by atoms with van der Waals surface area (Å²) in [5, 5.41) is 6.28. The SMILES string of the molecule is Cc1nn(-c2ccccc2Cl)c2c1C1c3c(ccc4c(C)cc(=O)oc34)OCC1CO2. The first kappa shape index (κ1) is 18.5. The largest absolute Gasteiger partial charge is 0.493 e. The monoisotopic (exact) mass is 434 g/mol. The number of para-hydroxylation sites is 1. The van der Waals surface area contributed by atoms with Crippen LogP contribution in [0, 0.1) is 19.8 Å². The molecule has 156 valence electrons. The highest BCUT2D eigenvalue weighted by molar-refractivity contribution is 6.32. The second kappa shape index (κ2) is 6.62. The number of hydrogen-bond donors (Lipinski definition) is 0. The topological polar surface area (TPSA) is 66.5 Å². The number of aryl methyl sites for hydroxylation is 2. The maximum atomic E-state index is 12.2. The van der Waals surface area contributed by atoms with E-state index in [1.54, 1.807) is 4.68 Å². The van der Waals surface area contributed by atoms with Gasteiger partial charge in [0.2, 0.25) is 5.88 Å². The minimum atomic E-state index is -0.365. The lowest BCUT2D eigenvalue weighted by Gasteiger charge is -2.37. The number of hydrogen-bond acceptors (Lipinski definition) is 5. The lowest BCUT2D eigenvalue weighted by Crippen LogP contribution is -2.35. The summed E-state index contributed by atoms with van der Waals surface area (Å²) in [6, 6.07) is 13.0. The molecule has 0 radical (unpaired) electrons. The maximum absolute atomic E-state index is 12.2. The maximum Gasteiger partial charge on any atom is 0.336 e. The van der Waals surface area contributed by atoms with Crippen molar-refractivity contribution in [1.82, 2.24) is 9.78 Å². The molecule has 4 heterocycles. The second-order valence-corrected chi connectivity index (χ2v) is 8.54. The predicted octanol–water partition coefficient (Wildman–Crippen LogP) is 4.78. The second-order valence-electron chi connectivity index (χ2n) is 8.13. The zero-order valence-corrected chi connectivity index (χ0v) is 17.8. The Balaban J connectivity index is 1.64. The number of benzene rings is 2. The molecule has 7 heteroatoms. The van der Waals surface area contributed by atoms with Gasteiger partial charge in [0.1, 0.15) is 11.3 Å². The molecular weight excluding hydrogens is 416 g/mol. The van der Waals surface area contributed by atoms with Gasteiger partial charge in [-0.15, -0.1) is 0 Å². The van der Waals surface area contributed by atoms with Crippen LogP contribution in [-0.4, -0.2) is 23.0 Å². The highest BCUT2D eigenvalue weighted by atomic mass is 35.5. The lowest BCUT2D eigenvalue weighted by molar-refractivity contribution is 0.121. The number of nitrogens with zero attached hydrogens (tertiary/aromatic N) is 2. The van der Waals surface area contributed by atoms with Crippen molar-refractivity contribution in [3.8, 4) is 17.3 Å². The van der Waals surface area contributed by atoms with Crippen LogP contribution in [0.25, 0.3) is 16.7 Å². The molecule has 2 aliphatic heterocycles. The third-order valence-corrected chi connectivity index (χ3v) is 6.56. The standard InChI is InChI=1S/C24H19ClN2O4/c1-12-9-19(28)31-23-15(12)7-8-18-22(23)21-14(10-29-18)11-30-24-20(21)13(2)26-27(24)17-6-4-3-5-16(17)25/h3-9,14,21H,10-11H2,1-2H3. The van der Waals surface area contributed by atoms with Crippen LogP contribution in [-0.2, 0) is 0 Å². The first-order valence-electron chi connectivity index (χ1n) is 10.2. The summed E-state index contributed by atoms with van der Waals surface area (Å²) in [6.45, 7) is 4.89. The molecule has 0 fully saturated rings. The first-order chi connectivity index (χ1) is 15.0. The van der Waals surface area contributed by atoms with Gasteiger partial charge in [-0.3, -0.25) is 0 Å². The Bertz CT molecular complexity index is 1420. The quantitative estimate of drug-likeness (QED) is 0.403. The van der Waals surface area contributed by atoms with E-state index in [4.69, 9.17) is 30.6 Å². The molecule has 4 aromatic rings. The van der Waals surface area contributed by atoms with Crippen LogP contribution in [0.3, 0.4) is 0 Å². The summed E-state index contributed by atoms with van der Waals surface area (Å²) in [6.07, 6.45) is 0. The van der Waals surface area contributed by atoms with Gasteiger partial charge in [0, 0.05) is 34.4 Å². The van der Waals surface area contributed by atoms with Crippen molar-refractivity contribution in [2.45, 2.75) is 19.8 Å². The molecule has 2 atom stereocenters. The van der Waals surface area contributed by atoms with Crippen LogP contribution >= 0.6 is 11.6 Å². The van der Waals surface area contributed by atoms with Crippen molar-refractivity contribution in [1.29, 1.82) is 0 Å². The predicted molar refractivity (Wildman–Crippen MR) is 117 cm³/mol. The van der Waals surface area contributed by atoms with Crippen molar-refractivity contribution >= 4 is 22.6 Å². The van der Waals surface area contributed by atoms with Crippen molar-refractivity contribution in [2.75, 3.05) is 13.2 Å². The number of fused-ring (bicyclic) bond motifs is 7. The molecule has 2 unspecified atom stereocenters. The molecule has 6 rings (SSSR count). The molecule has 6 nitrogen and oxygen atoms in total. The van der Waals surface area contributed by atoms with Gasteiger partial charge in [0.15, 0.2) is 0 Å². The fraction of sp³-hybridized carbons (Fsp3) is 0.250. The van der Waals surface area contributed by atoms with E-state index < -0.39 is 0 Å². The van der Waals surface area contributed by atoms with E-state index >= 15 is 0 Å². The third kappa shape index (κ3) is 2.64. The van der Waals surface area contributed by atoms with Gasteiger partial charge in [-0.05, 0) is 43.7 Å². The summed E-state index contributed by atoms with van der Waals surface area (Å²) in [7, 11) is 0. The van der Waals surface area contributed by atoms with Crippen LogP contribution < -0.4 is 15.1 Å². The Morgan fingerprint density at radius 2 is 1.87 bits per heavy atom. The molecule has 0 saturated heterocycles. The van der Waals surface area contributed by atoms with Gasteiger partial charge in [-0.1, -0.05) is 23.7 Å². The zero-order chi connectivity index (χ0) is 21.3. The Kier molecular flexibility index (Phi) is 3.96. The van der Waals surface area contributed by atoms with E-state index in [-0.39, 0.29) is 17.5 Å². The van der Waals surface area contributed by atoms with Crippen LogP contribution in [0.15, 0.2) is 51.7 Å². The van der Waals surface area contributed by atoms with E-state index in [2.05, 4.69) is 0 Å². The highest BCUT2D eigenvalue weighted by Gasteiger charge is 2.43. The van der Waals surface area contributed by atoms with Crippen LogP contribution in [0.2, 0.25) is 5.02 Å². The third-order valence-electron chi connectivity index (χ3n) is 6.24. The van der Waals surface area contributed by atoms with Gasteiger partial charge in [-0.25, -0.2) is 4.79 Å². The van der Waals surface area contributed by atoms with Crippen molar-refractivity contribution in [2.24, 2.45) is 5.92 Å². The van der Waals surface area contributed by atoms with Gasteiger partial charge < -0.3 is 13.9 Å². The summed E-state index contributed by atoms with van der Waals surface area (Å²) >= 11 is 6.46. The van der Waals surface area contributed by atoms with Gasteiger partial charge in [0.25, 0.3) is 0 Å². The van der Waals surface area contributed by atoms with Crippen LogP contribution in [0.5, 0.6) is 11.6 Å². The van der Waals surface area contributed by atoms with E-state index in [0.29, 0.717) is 29.7 Å². The smallest absolute Gasteiger partial charge is 0.336 e. The minimum Gasteiger partial charge on any atom is -0.493 e. The van der Waals surface area contributed by atoms with Gasteiger partial charge in [-0.2, -0.15) is 9.78 Å². The molecule has 0 bridgehead atoms. The summed E-state index contributed by atoms with van der Waals surface area (Å²) in [5.74, 6) is 1.43. The van der Waals surface area contributed by atoms with E-state index in [0.717, 1.165) is 39.2 Å². The zero-order valence-electron chi connectivity index (χ0n) is 17.0. The molecule has 2 aromatic heterocycles. The average Bonchev–Trinajstić information content (AvgIpc) is 3.09. The average molecular weight is 435 g/mol. The minimum absolute atomic E-state index is 0.0580. The Morgan fingerprint density at radius 1 is 1.06 bits per heavy atom. The van der Waals surface area contributed by atoms with Crippen molar-refractivity contribution in [3.63, 3.8) is 0 Å². The number of ether oxygens (including phenoxy) is 2. The first-order valence-corrected chi connectivity index (χ1v) is 10.6. The van der Waals surface area contributed by atoms with Crippen molar-refractivity contribution in [3.05, 3.63) is 80.3 Å². The lowest BCUT2D eigenvalue weighted by atomic mass is 9.77. The Morgan fingerprint density at radius 3 is 2.71 bits per heavy atom. The van der Waals surface area contributed by atoms with E-state index in [1.165, 1.54) is 6.07 Å². The van der Waals surface area contributed by atoms with Crippen LogP contribution in [0.1, 0.15) is 28.3 Å². The molecule has 0 aliphatic carbocycles. The number of halogens is 1. The fourth-order valence-corrected chi connectivity index (χ4v) is 5.06. The van der Waals surface area contributed by atoms with E-state index in [9.17, 15) is 4.79 Å². The molecule has 0 saturated carbocycles. The molecule has 0 spiro atoms. The summed E-state index contributed by atoms with van der Waals surface area (Å²) < 4.78 is 19.8. The van der Waals surface area contributed by atoms with Gasteiger partial charge in [0.05, 0.1) is 29.6 Å². The Hall–Kier alpha value is -3.25. The molecular formula is C24H19ClN2O4. The summed E-state index contributed by atoms with van der Waals surface area (Å²) in [5.41, 5.74) is 4.58.